The molecular weight excluding hydrogens is 215 g/mol. The smallest absolute Gasteiger partial charge is 0.253 e. The third-order valence-corrected chi connectivity index (χ3v) is 1.94. The molecule has 88 valence electrons. The predicted octanol–water partition coefficient (Wildman–Crippen LogP) is 0.569. The standard InChI is InChI=1S/C10H13FN2O3/c1-15-9(16-2)6-13-10(14)7-3-4-8(11)12-5-7/h3-5,9H,6H2,1-2H3,(H,13,14). The van der Waals surface area contributed by atoms with Gasteiger partial charge in [-0.25, -0.2) is 4.98 Å². The summed E-state index contributed by atoms with van der Waals surface area (Å²) in [5, 5.41) is 2.57. The predicted molar refractivity (Wildman–Crippen MR) is 54.3 cm³/mol. The van der Waals surface area contributed by atoms with Crippen LogP contribution < -0.4 is 5.32 Å². The van der Waals surface area contributed by atoms with Gasteiger partial charge in [0.2, 0.25) is 5.95 Å². The van der Waals surface area contributed by atoms with E-state index in [-0.39, 0.29) is 18.0 Å². The third kappa shape index (κ3) is 3.56. The maximum atomic E-state index is 12.5. The van der Waals surface area contributed by atoms with Crippen LogP contribution in [0.2, 0.25) is 0 Å². The van der Waals surface area contributed by atoms with Crippen LogP contribution in [-0.2, 0) is 9.47 Å². The van der Waals surface area contributed by atoms with Crippen LogP contribution in [0.25, 0.3) is 0 Å². The summed E-state index contributed by atoms with van der Waals surface area (Å²) < 4.78 is 22.3. The molecular formula is C10H13FN2O3. The summed E-state index contributed by atoms with van der Waals surface area (Å²) in [5.74, 6) is -0.977. The molecule has 0 saturated carbocycles. The quantitative estimate of drug-likeness (QED) is 0.591. The fourth-order valence-electron chi connectivity index (χ4n) is 1.05. The summed E-state index contributed by atoms with van der Waals surface area (Å²) in [7, 11) is 2.94. The number of amides is 1. The highest BCUT2D eigenvalue weighted by Gasteiger charge is 2.09. The van der Waals surface area contributed by atoms with Crippen molar-refractivity contribution >= 4 is 5.91 Å². The van der Waals surface area contributed by atoms with Gasteiger partial charge < -0.3 is 14.8 Å². The zero-order valence-electron chi connectivity index (χ0n) is 9.07. The Morgan fingerprint density at radius 1 is 1.50 bits per heavy atom. The molecule has 1 heterocycles. The minimum atomic E-state index is -0.622. The molecule has 0 aliphatic carbocycles. The highest BCUT2D eigenvalue weighted by molar-refractivity contribution is 5.93. The van der Waals surface area contributed by atoms with Crippen LogP contribution in [0.4, 0.5) is 4.39 Å². The van der Waals surface area contributed by atoms with Gasteiger partial charge in [-0.1, -0.05) is 0 Å². The van der Waals surface area contributed by atoms with Crippen molar-refractivity contribution in [2.45, 2.75) is 6.29 Å². The Morgan fingerprint density at radius 2 is 2.19 bits per heavy atom. The summed E-state index contributed by atoms with van der Waals surface area (Å²) in [6, 6.07) is 2.48. The summed E-state index contributed by atoms with van der Waals surface area (Å²) in [5.41, 5.74) is 0.285. The van der Waals surface area contributed by atoms with Gasteiger partial charge in [0.25, 0.3) is 5.91 Å². The number of aromatic nitrogens is 1. The first kappa shape index (κ1) is 12.5. The Hall–Kier alpha value is -1.53. The number of ether oxygens (including phenoxy) is 2. The zero-order valence-corrected chi connectivity index (χ0v) is 9.07. The molecule has 1 aromatic rings. The van der Waals surface area contributed by atoms with Crippen LogP contribution in [0.3, 0.4) is 0 Å². The van der Waals surface area contributed by atoms with Crippen molar-refractivity contribution in [1.82, 2.24) is 10.3 Å². The molecule has 0 aliphatic rings. The van der Waals surface area contributed by atoms with E-state index in [0.717, 1.165) is 6.07 Å². The Bertz CT molecular complexity index is 338. The van der Waals surface area contributed by atoms with Gasteiger partial charge in [0.05, 0.1) is 12.1 Å². The maximum Gasteiger partial charge on any atom is 0.253 e. The molecule has 0 fully saturated rings. The highest BCUT2D eigenvalue weighted by Crippen LogP contribution is 1.99. The molecule has 0 unspecified atom stereocenters. The Morgan fingerprint density at radius 3 is 2.69 bits per heavy atom. The molecule has 0 aliphatic heterocycles. The van der Waals surface area contributed by atoms with Crippen LogP contribution in [0.5, 0.6) is 0 Å². The van der Waals surface area contributed by atoms with E-state index in [1.54, 1.807) is 0 Å². The first-order chi connectivity index (χ1) is 7.67. The number of nitrogens with zero attached hydrogens (tertiary/aromatic N) is 1. The second-order valence-electron chi connectivity index (χ2n) is 2.98. The zero-order chi connectivity index (χ0) is 12.0. The van der Waals surface area contributed by atoms with Gasteiger partial charge in [-0.15, -0.1) is 0 Å². The maximum absolute atomic E-state index is 12.5. The molecule has 1 N–H and O–H groups in total. The molecule has 0 aromatic carbocycles. The molecule has 16 heavy (non-hydrogen) atoms. The third-order valence-electron chi connectivity index (χ3n) is 1.94. The second kappa shape index (κ2) is 6.14. The minimum absolute atomic E-state index is 0.212. The summed E-state index contributed by atoms with van der Waals surface area (Å²) in [4.78, 5) is 14.9. The van der Waals surface area contributed by atoms with E-state index >= 15 is 0 Å². The molecule has 1 amide bonds. The van der Waals surface area contributed by atoms with Crippen LogP contribution >= 0.6 is 0 Å². The first-order valence-corrected chi connectivity index (χ1v) is 4.62. The van der Waals surface area contributed by atoms with Gasteiger partial charge in [0.1, 0.15) is 0 Å². The topological polar surface area (TPSA) is 60.5 Å². The molecule has 0 radical (unpaired) electrons. The molecule has 0 saturated heterocycles. The SMILES string of the molecule is COC(CNC(=O)c1ccc(F)nc1)OC. The molecule has 0 spiro atoms. The van der Waals surface area contributed by atoms with Gasteiger partial charge in [0, 0.05) is 20.4 Å². The number of halogens is 1. The van der Waals surface area contributed by atoms with Crippen molar-refractivity contribution in [1.29, 1.82) is 0 Å². The van der Waals surface area contributed by atoms with Crippen molar-refractivity contribution < 1.29 is 18.7 Å². The average Bonchev–Trinajstić information content (AvgIpc) is 2.31. The van der Waals surface area contributed by atoms with Crippen molar-refractivity contribution in [2.75, 3.05) is 20.8 Å². The lowest BCUT2D eigenvalue weighted by Crippen LogP contribution is -2.34. The monoisotopic (exact) mass is 228 g/mol. The van der Waals surface area contributed by atoms with E-state index in [0.29, 0.717) is 0 Å². The lowest BCUT2D eigenvalue weighted by atomic mass is 10.2. The van der Waals surface area contributed by atoms with E-state index in [9.17, 15) is 9.18 Å². The van der Waals surface area contributed by atoms with Crippen LogP contribution in [0.15, 0.2) is 18.3 Å². The number of methoxy groups -OCH3 is 2. The summed E-state index contributed by atoms with van der Waals surface area (Å²) in [6.45, 7) is 0.212. The highest BCUT2D eigenvalue weighted by atomic mass is 19.1. The van der Waals surface area contributed by atoms with E-state index in [1.165, 1.54) is 26.5 Å². The number of nitrogens with one attached hydrogen (secondary N) is 1. The summed E-state index contributed by atoms with van der Waals surface area (Å²) in [6.07, 6.45) is 0.664. The lowest BCUT2D eigenvalue weighted by molar-refractivity contribution is -0.0974. The molecule has 1 rings (SSSR count). The number of hydrogen-bond acceptors (Lipinski definition) is 4. The normalized spacial score (nSPS) is 10.5. The van der Waals surface area contributed by atoms with Gasteiger partial charge in [0.15, 0.2) is 6.29 Å². The van der Waals surface area contributed by atoms with Gasteiger partial charge in [-0.2, -0.15) is 4.39 Å². The van der Waals surface area contributed by atoms with E-state index in [2.05, 4.69) is 10.3 Å². The van der Waals surface area contributed by atoms with Gasteiger partial charge >= 0.3 is 0 Å². The number of carbonyl (C=O) groups excluding carboxylic acids is 1. The average molecular weight is 228 g/mol. The van der Waals surface area contributed by atoms with E-state index in [1.807, 2.05) is 0 Å². The van der Waals surface area contributed by atoms with E-state index < -0.39 is 12.2 Å². The minimum Gasteiger partial charge on any atom is -0.354 e. The van der Waals surface area contributed by atoms with E-state index in [4.69, 9.17) is 9.47 Å². The van der Waals surface area contributed by atoms with Gasteiger partial charge in [-0.05, 0) is 12.1 Å². The van der Waals surface area contributed by atoms with Crippen molar-refractivity contribution in [3.05, 3.63) is 29.8 Å². The van der Waals surface area contributed by atoms with Crippen molar-refractivity contribution in [2.24, 2.45) is 0 Å². The van der Waals surface area contributed by atoms with Gasteiger partial charge in [-0.3, -0.25) is 4.79 Å². The Labute approximate surface area is 92.6 Å². The largest absolute Gasteiger partial charge is 0.354 e. The molecule has 0 atom stereocenters. The molecule has 1 aromatic heterocycles. The Kier molecular flexibility index (Phi) is 4.81. The Balaban J connectivity index is 2.49. The number of hydrogen-bond donors (Lipinski definition) is 1. The lowest BCUT2D eigenvalue weighted by Gasteiger charge is -2.13. The number of pyridine rings is 1. The first-order valence-electron chi connectivity index (χ1n) is 4.62. The van der Waals surface area contributed by atoms with Crippen LogP contribution in [-0.4, -0.2) is 37.9 Å². The number of carbonyl (C=O) groups is 1. The second-order valence-corrected chi connectivity index (χ2v) is 2.98. The fraction of sp³-hybridized carbons (Fsp3) is 0.400. The molecule has 5 nitrogen and oxygen atoms in total. The fourth-order valence-corrected chi connectivity index (χ4v) is 1.05. The van der Waals surface area contributed by atoms with Crippen molar-refractivity contribution in [3.8, 4) is 0 Å². The van der Waals surface area contributed by atoms with Crippen LogP contribution in [0.1, 0.15) is 10.4 Å². The summed E-state index contributed by atoms with van der Waals surface area (Å²) >= 11 is 0. The molecule has 0 bridgehead atoms. The number of rotatable bonds is 5. The molecule has 6 heteroatoms. The van der Waals surface area contributed by atoms with Crippen molar-refractivity contribution in [3.63, 3.8) is 0 Å². The van der Waals surface area contributed by atoms with Crippen LogP contribution in [0, 0.1) is 5.95 Å².